The first kappa shape index (κ1) is 20.5. The molecule has 0 fully saturated rings. The maximum absolute atomic E-state index is 8.48. The zero-order chi connectivity index (χ0) is 11.4. The summed E-state index contributed by atoms with van der Waals surface area (Å²) < 4.78 is 17.0. The van der Waals surface area contributed by atoms with Gasteiger partial charge < -0.3 is 19.6 Å². The molecule has 0 aliphatic carbocycles. The van der Waals surface area contributed by atoms with Gasteiger partial charge >= 0.3 is 26.2 Å². The molecule has 0 unspecified atom stereocenters. The van der Waals surface area contributed by atoms with Gasteiger partial charge in [0.15, 0.2) is 0 Å². The van der Waals surface area contributed by atoms with Crippen LogP contribution in [0.2, 0.25) is 0 Å². The molecule has 0 saturated carbocycles. The van der Waals surface area contributed by atoms with E-state index in [2.05, 4.69) is 0 Å². The van der Waals surface area contributed by atoms with Crippen LogP contribution >= 0.6 is 16.5 Å². The Bertz CT molecular complexity index is 210. The molecule has 1 aromatic carbocycles. The zero-order valence-electron chi connectivity index (χ0n) is 7.31. The molecule has 1 rings (SSSR count). The van der Waals surface area contributed by atoms with Crippen molar-refractivity contribution in [3.05, 3.63) is 36.4 Å². The summed E-state index contributed by atoms with van der Waals surface area (Å²) in [4.78, 5) is 33.9. The Balaban J connectivity index is -0.000000145. The van der Waals surface area contributed by atoms with E-state index in [1.54, 1.807) is 0 Å². The third kappa shape index (κ3) is 55.3. The molecule has 0 atom stereocenters. The molecule has 0 aromatic heterocycles. The van der Waals surface area contributed by atoms with E-state index in [-0.39, 0.29) is 26.2 Å². The van der Waals surface area contributed by atoms with Crippen molar-refractivity contribution in [3.63, 3.8) is 0 Å². The molecule has 0 radical (unpaired) electrons. The summed E-state index contributed by atoms with van der Waals surface area (Å²) in [7, 11) is -6.74. The van der Waals surface area contributed by atoms with Crippen LogP contribution in [0.5, 0.6) is 0 Å². The largest absolute Gasteiger partial charge is 4.00 e. The SMILES string of the molecule is O=[P+]([O-])[O-].O=[P+]([O-])[O-].[Zr+4].c1ccccc1. The molecule has 0 bridgehead atoms. The van der Waals surface area contributed by atoms with E-state index in [9.17, 15) is 0 Å². The van der Waals surface area contributed by atoms with Crippen molar-refractivity contribution in [2.24, 2.45) is 0 Å². The van der Waals surface area contributed by atoms with Crippen molar-refractivity contribution in [1.29, 1.82) is 0 Å². The summed E-state index contributed by atoms with van der Waals surface area (Å²) in [5.41, 5.74) is 0. The molecule has 78 valence electrons. The molecule has 0 aliphatic heterocycles. The smallest absolute Gasteiger partial charge is 0.598 e. The van der Waals surface area contributed by atoms with E-state index in [1.807, 2.05) is 36.4 Å². The molecule has 0 aliphatic rings. The van der Waals surface area contributed by atoms with Gasteiger partial charge in [-0.3, -0.25) is 0 Å². The van der Waals surface area contributed by atoms with Crippen LogP contribution in [-0.2, 0) is 35.3 Å². The third-order valence-electron chi connectivity index (χ3n) is 0.667. The van der Waals surface area contributed by atoms with Crippen molar-refractivity contribution in [3.8, 4) is 0 Å². The Labute approximate surface area is 108 Å². The number of hydrogen-bond donors (Lipinski definition) is 0. The Morgan fingerprint density at radius 2 is 0.667 bits per heavy atom. The first-order valence-corrected chi connectivity index (χ1v) is 5.29. The normalized spacial score (nSPS) is 6.67. The van der Waals surface area contributed by atoms with Crippen LogP contribution in [0.25, 0.3) is 0 Å². The van der Waals surface area contributed by atoms with Crippen LogP contribution in [0.3, 0.4) is 0 Å². The third-order valence-corrected chi connectivity index (χ3v) is 0.667. The molecule has 6 nitrogen and oxygen atoms in total. The van der Waals surface area contributed by atoms with Crippen molar-refractivity contribution < 1.29 is 54.9 Å². The second kappa shape index (κ2) is 16.6. The average molecular weight is 327 g/mol. The maximum Gasteiger partial charge on any atom is 4.00 e. The van der Waals surface area contributed by atoms with Crippen LogP contribution in [0.1, 0.15) is 0 Å². The monoisotopic (exact) mass is 326 g/mol. The van der Waals surface area contributed by atoms with Gasteiger partial charge in [0.25, 0.3) is 16.5 Å². The van der Waals surface area contributed by atoms with E-state index in [4.69, 9.17) is 28.7 Å². The average Bonchev–Trinajstić information content (AvgIpc) is 2.05. The van der Waals surface area contributed by atoms with Crippen molar-refractivity contribution >= 4 is 16.5 Å². The molecule has 9 heteroatoms. The maximum atomic E-state index is 8.48. The van der Waals surface area contributed by atoms with Crippen LogP contribution in [0.15, 0.2) is 36.4 Å². The fraction of sp³-hybridized carbons (Fsp3) is 0. The molecule has 0 heterocycles. The molecular formula is C6H6O6P2Zr+2. The summed E-state index contributed by atoms with van der Waals surface area (Å²) in [5, 5.41) is 0. The minimum absolute atomic E-state index is 0. The first-order chi connectivity index (χ1) is 6.46. The molecule has 15 heavy (non-hydrogen) atoms. The molecule has 0 N–H and O–H groups in total. The number of rotatable bonds is 0. The van der Waals surface area contributed by atoms with Gasteiger partial charge in [0, 0.05) is 0 Å². The van der Waals surface area contributed by atoms with Gasteiger partial charge in [0.2, 0.25) is 0 Å². The first-order valence-electron chi connectivity index (χ1n) is 3.10. The van der Waals surface area contributed by atoms with Crippen molar-refractivity contribution in [1.82, 2.24) is 0 Å². The minimum Gasteiger partial charge on any atom is -0.598 e. The van der Waals surface area contributed by atoms with E-state index in [0.717, 1.165) is 0 Å². The summed E-state index contributed by atoms with van der Waals surface area (Å²) in [5.74, 6) is 0. The van der Waals surface area contributed by atoms with Gasteiger partial charge in [0.05, 0.1) is 0 Å². The molecule has 0 amide bonds. The minimum atomic E-state index is -3.37. The van der Waals surface area contributed by atoms with Gasteiger partial charge in [-0.15, -0.1) is 0 Å². The number of benzene rings is 1. The Morgan fingerprint density at radius 1 is 0.600 bits per heavy atom. The molecule has 0 saturated heterocycles. The number of hydrogen-bond acceptors (Lipinski definition) is 6. The summed E-state index contributed by atoms with van der Waals surface area (Å²) in [6.45, 7) is 0. The fourth-order valence-corrected chi connectivity index (χ4v) is 0.385. The Kier molecular flexibility index (Phi) is 22.7. The van der Waals surface area contributed by atoms with Crippen LogP contribution in [0.4, 0.5) is 0 Å². The van der Waals surface area contributed by atoms with E-state index in [0.29, 0.717) is 0 Å². The van der Waals surface area contributed by atoms with Gasteiger partial charge in [-0.05, 0) is 0 Å². The summed E-state index contributed by atoms with van der Waals surface area (Å²) >= 11 is 0. The zero-order valence-corrected chi connectivity index (χ0v) is 11.6. The van der Waals surface area contributed by atoms with Crippen molar-refractivity contribution in [2.45, 2.75) is 0 Å². The van der Waals surface area contributed by atoms with Gasteiger partial charge in [-0.25, -0.2) is 0 Å². The topological polar surface area (TPSA) is 126 Å². The molecule has 0 spiro atoms. The van der Waals surface area contributed by atoms with Crippen LogP contribution in [0, 0.1) is 0 Å². The standard InChI is InChI=1S/C6H6.2HO3P.Zr/c1-2-4-6-5-3-1;2*1-4(2)3;/h1-6H;2*(H,1,2,3);/q;;;+4/p-2. The van der Waals surface area contributed by atoms with Gasteiger partial charge in [-0.1, -0.05) is 45.5 Å². The Morgan fingerprint density at radius 3 is 0.733 bits per heavy atom. The van der Waals surface area contributed by atoms with E-state index in [1.165, 1.54) is 0 Å². The second-order valence-electron chi connectivity index (χ2n) is 1.60. The predicted molar refractivity (Wildman–Crippen MR) is 41.7 cm³/mol. The van der Waals surface area contributed by atoms with Crippen LogP contribution in [-0.4, -0.2) is 0 Å². The molecular weight excluding hydrogens is 321 g/mol. The molecule has 1 aromatic rings. The predicted octanol–water partition coefficient (Wildman–Crippen LogP) is -1.59. The fourth-order valence-electron chi connectivity index (χ4n) is 0.385. The van der Waals surface area contributed by atoms with Crippen molar-refractivity contribution in [2.75, 3.05) is 0 Å². The van der Waals surface area contributed by atoms with E-state index >= 15 is 0 Å². The Hall–Kier alpha value is 0.143. The van der Waals surface area contributed by atoms with Gasteiger partial charge in [-0.2, -0.15) is 0 Å². The van der Waals surface area contributed by atoms with E-state index < -0.39 is 16.5 Å². The van der Waals surface area contributed by atoms with Crippen LogP contribution < -0.4 is 19.6 Å². The summed E-state index contributed by atoms with van der Waals surface area (Å²) in [6.07, 6.45) is 0. The second-order valence-corrected chi connectivity index (χ2v) is 2.50. The summed E-state index contributed by atoms with van der Waals surface area (Å²) in [6, 6.07) is 12.0. The van der Waals surface area contributed by atoms with Gasteiger partial charge in [0.1, 0.15) is 0 Å². The quantitative estimate of drug-likeness (QED) is 0.529.